The van der Waals surface area contributed by atoms with E-state index in [1.165, 1.54) is 0 Å². The number of fused-ring (bicyclic) bond motifs is 1. The second-order valence-corrected chi connectivity index (χ2v) is 7.84. The Morgan fingerprint density at radius 3 is 2.73 bits per heavy atom. The summed E-state index contributed by atoms with van der Waals surface area (Å²) in [6.07, 6.45) is 7.39. The first-order chi connectivity index (χ1) is 16.0. The zero-order valence-corrected chi connectivity index (χ0v) is 18.3. The second-order valence-electron chi connectivity index (χ2n) is 7.84. The summed E-state index contributed by atoms with van der Waals surface area (Å²) in [5, 5.41) is 3.00. The lowest BCUT2D eigenvalue weighted by Gasteiger charge is -2.10. The summed E-state index contributed by atoms with van der Waals surface area (Å²) in [5.41, 5.74) is 6.59. The predicted molar refractivity (Wildman–Crippen MR) is 129 cm³/mol. The van der Waals surface area contributed by atoms with Gasteiger partial charge in [0.25, 0.3) is 5.91 Å². The van der Waals surface area contributed by atoms with Crippen LogP contribution < -0.4 is 5.32 Å². The number of nitrogens with one attached hydrogen (secondary N) is 1. The molecule has 1 amide bonds. The molecule has 6 nitrogen and oxygen atoms in total. The Labute approximate surface area is 191 Å². The van der Waals surface area contributed by atoms with E-state index in [1.807, 2.05) is 83.7 Å². The van der Waals surface area contributed by atoms with Gasteiger partial charge in [0.2, 0.25) is 0 Å². The van der Waals surface area contributed by atoms with Gasteiger partial charge in [-0.3, -0.25) is 9.20 Å². The number of anilines is 1. The van der Waals surface area contributed by atoms with Gasteiger partial charge in [-0.05, 0) is 73.9 Å². The summed E-state index contributed by atoms with van der Waals surface area (Å²) >= 11 is 0. The van der Waals surface area contributed by atoms with Crippen molar-refractivity contribution in [1.82, 2.24) is 18.9 Å². The van der Waals surface area contributed by atoms with Crippen molar-refractivity contribution in [1.29, 1.82) is 0 Å². The lowest BCUT2D eigenvalue weighted by atomic mass is 10.1. The van der Waals surface area contributed by atoms with E-state index in [9.17, 15) is 4.79 Å². The molecule has 0 radical (unpaired) electrons. The number of benzene rings is 2. The molecule has 0 fully saturated rings. The van der Waals surface area contributed by atoms with E-state index in [0.29, 0.717) is 5.56 Å². The van der Waals surface area contributed by atoms with E-state index < -0.39 is 0 Å². The normalized spacial score (nSPS) is 10.6. The van der Waals surface area contributed by atoms with E-state index in [1.54, 1.807) is 24.7 Å². The third-order valence-corrected chi connectivity index (χ3v) is 5.21. The van der Waals surface area contributed by atoms with Crippen LogP contribution in [0.15, 0.2) is 85.6 Å². The van der Waals surface area contributed by atoms with Crippen molar-refractivity contribution in [3.05, 3.63) is 114 Å². The van der Waals surface area contributed by atoms with Gasteiger partial charge in [-0.25, -0.2) is 9.97 Å². The lowest BCUT2D eigenvalue weighted by Crippen LogP contribution is -2.12. The van der Waals surface area contributed by atoms with Gasteiger partial charge in [0.1, 0.15) is 11.3 Å². The van der Waals surface area contributed by atoms with Crippen LogP contribution in [0.5, 0.6) is 0 Å². The average molecular weight is 431 g/mol. The summed E-state index contributed by atoms with van der Waals surface area (Å²) in [7, 11) is 0. The summed E-state index contributed by atoms with van der Waals surface area (Å²) in [6, 6.07) is 19.0. The van der Waals surface area contributed by atoms with Gasteiger partial charge in [0.05, 0.1) is 18.2 Å². The van der Waals surface area contributed by atoms with Crippen LogP contribution in [-0.4, -0.2) is 24.8 Å². The molecular formula is C27H21N5O. The molecule has 0 saturated heterocycles. The van der Waals surface area contributed by atoms with E-state index in [4.69, 9.17) is 0 Å². The zero-order valence-electron chi connectivity index (χ0n) is 18.3. The fourth-order valence-electron chi connectivity index (χ4n) is 3.65. The van der Waals surface area contributed by atoms with Gasteiger partial charge in [0.15, 0.2) is 0 Å². The smallest absolute Gasteiger partial charge is 0.255 e. The first kappa shape index (κ1) is 20.3. The molecule has 3 heterocycles. The molecule has 160 valence electrons. The van der Waals surface area contributed by atoms with Crippen LogP contribution in [0.4, 0.5) is 5.69 Å². The number of nitrogens with zero attached hydrogens (tertiary/aromatic N) is 4. The highest BCUT2D eigenvalue weighted by molar-refractivity contribution is 6.04. The number of hydrogen-bond donors (Lipinski definition) is 1. The van der Waals surface area contributed by atoms with Crippen molar-refractivity contribution >= 4 is 17.2 Å². The van der Waals surface area contributed by atoms with E-state index in [0.717, 1.165) is 39.5 Å². The summed E-state index contributed by atoms with van der Waals surface area (Å²) in [5.74, 6) is 6.10. The number of aromatic nitrogens is 4. The minimum atomic E-state index is -0.188. The highest BCUT2D eigenvalue weighted by Gasteiger charge is 2.09. The molecule has 5 rings (SSSR count). The van der Waals surface area contributed by atoms with Crippen LogP contribution in [0.25, 0.3) is 11.3 Å². The molecule has 3 aromatic heterocycles. The summed E-state index contributed by atoms with van der Waals surface area (Å²) in [4.78, 5) is 21.6. The van der Waals surface area contributed by atoms with Crippen LogP contribution in [-0.2, 0) is 0 Å². The van der Waals surface area contributed by atoms with E-state index >= 15 is 0 Å². The Bertz CT molecular complexity index is 1550. The number of hydrogen-bond acceptors (Lipinski definition) is 3. The van der Waals surface area contributed by atoms with Crippen molar-refractivity contribution < 1.29 is 4.79 Å². The van der Waals surface area contributed by atoms with Crippen LogP contribution in [0.1, 0.15) is 32.9 Å². The van der Waals surface area contributed by atoms with Crippen molar-refractivity contribution in [2.24, 2.45) is 0 Å². The minimum Gasteiger partial charge on any atom is -0.322 e. The number of imidazole rings is 2. The molecule has 0 atom stereocenters. The molecule has 0 saturated carbocycles. The fraction of sp³-hybridized carbons (Fsp3) is 0.0741. The molecule has 0 bridgehead atoms. The molecule has 0 aliphatic heterocycles. The topological polar surface area (TPSA) is 64.2 Å². The van der Waals surface area contributed by atoms with Crippen LogP contribution in [0.2, 0.25) is 0 Å². The van der Waals surface area contributed by atoms with Gasteiger partial charge >= 0.3 is 0 Å². The molecule has 0 aliphatic rings. The van der Waals surface area contributed by atoms with Crippen molar-refractivity contribution in [2.45, 2.75) is 13.8 Å². The molecule has 6 heteroatoms. The first-order valence-corrected chi connectivity index (χ1v) is 10.5. The molecule has 1 N–H and O–H groups in total. The van der Waals surface area contributed by atoms with Gasteiger partial charge in [-0.1, -0.05) is 18.1 Å². The fourth-order valence-corrected chi connectivity index (χ4v) is 3.65. The summed E-state index contributed by atoms with van der Waals surface area (Å²) in [6.45, 7) is 3.94. The number of carbonyl (C=O) groups is 1. The number of aryl methyl sites for hydroxylation is 2. The molecule has 33 heavy (non-hydrogen) atoms. The second kappa shape index (κ2) is 8.48. The Morgan fingerprint density at radius 1 is 0.970 bits per heavy atom. The Balaban J connectivity index is 1.38. The number of rotatable bonds is 3. The van der Waals surface area contributed by atoms with Gasteiger partial charge in [-0.2, -0.15) is 0 Å². The average Bonchev–Trinajstić information content (AvgIpc) is 3.44. The summed E-state index contributed by atoms with van der Waals surface area (Å²) < 4.78 is 3.87. The largest absolute Gasteiger partial charge is 0.322 e. The van der Waals surface area contributed by atoms with E-state index in [2.05, 4.69) is 27.1 Å². The van der Waals surface area contributed by atoms with Crippen molar-refractivity contribution in [3.63, 3.8) is 0 Å². The maximum atomic E-state index is 12.9. The third kappa shape index (κ3) is 4.39. The number of amides is 1. The molecule has 2 aromatic carbocycles. The molecular weight excluding hydrogens is 410 g/mol. The minimum absolute atomic E-state index is 0.188. The maximum absolute atomic E-state index is 12.9. The SMILES string of the molecule is Cc1cc(NC(=O)c2cccc(C#Cc3cnc4ccccn34)c2)cc(-n2cnc(C)c2)c1. The monoisotopic (exact) mass is 431 g/mol. The van der Waals surface area contributed by atoms with E-state index in [-0.39, 0.29) is 5.91 Å². The number of carbonyl (C=O) groups excluding carboxylic acids is 1. The zero-order chi connectivity index (χ0) is 22.8. The lowest BCUT2D eigenvalue weighted by molar-refractivity contribution is 0.102. The van der Waals surface area contributed by atoms with Crippen LogP contribution in [0.3, 0.4) is 0 Å². The van der Waals surface area contributed by atoms with Crippen LogP contribution >= 0.6 is 0 Å². The van der Waals surface area contributed by atoms with Crippen molar-refractivity contribution in [2.75, 3.05) is 5.32 Å². The molecule has 5 aromatic rings. The predicted octanol–water partition coefficient (Wildman–Crippen LogP) is 4.79. The van der Waals surface area contributed by atoms with Crippen LogP contribution in [0, 0.1) is 25.7 Å². The maximum Gasteiger partial charge on any atom is 0.255 e. The third-order valence-electron chi connectivity index (χ3n) is 5.21. The quantitative estimate of drug-likeness (QED) is 0.418. The molecule has 0 aliphatic carbocycles. The van der Waals surface area contributed by atoms with Gasteiger partial charge < -0.3 is 9.88 Å². The Morgan fingerprint density at radius 2 is 1.88 bits per heavy atom. The molecule has 0 unspecified atom stereocenters. The Kier molecular flexibility index (Phi) is 5.21. The van der Waals surface area contributed by atoms with Crippen molar-refractivity contribution in [3.8, 4) is 17.5 Å². The Hall–Kier alpha value is -4.63. The number of pyridine rings is 1. The van der Waals surface area contributed by atoms with Gasteiger partial charge in [-0.15, -0.1) is 0 Å². The molecule has 0 spiro atoms. The first-order valence-electron chi connectivity index (χ1n) is 10.5. The van der Waals surface area contributed by atoms with Gasteiger partial charge in [0, 0.05) is 34.9 Å². The highest BCUT2D eigenvalue weighted by Crippen LogP contribution is 2.19. The standard InChI is InChI=1S/C27H21N5O/c1-19-12-23(15-25(13-19)31-17-20(2)29-18-31)30-27(33)22-7-5-6-21(14-22)9-10-24-16-28-26-8-3-4-11-32(24)26/h3-8,11-18H,1-2H3,(H,30,33). The highest BCUT2D eigenvalue weighted by atomic mass is 16.1.